The second-order valence-corrected chi connectivity index (χ2v) is 7.94. The smallest absolute Gasteiger partial charge is 0.0195 e. The van der Waals surface area contributed by atoms with Gasteiger partial charge in [-0.25, -0.2) is 0 Å². The Morgan fingerprint density at radius 1 is 0.650 bits per heavy atom. The Balaban J connectivity index is 2.02. The topological polar surface area (TPSA) is 0 Å². The number of rotatable bonds is 8. The highest BCUT2D eigenvalue weighted by Crippen LogP contribution is 2.34. The molecule has 2 aromatic rings. The van der Waals surface area contributed by atoms with Gasteiger partial charge in [0.05, 0.1) is 0 Å². The summed E-state index contributed by atoms with van der Waals surface area (Å²) in [5.41, 5.74) is 0. The van der Waals surface area contributed by atoms with Gasteiger partial charge in [0, 0.05) is 0 Å². The molecule has 0 fully saturated rings. The molecule has 106 valence electrons. The second-order valence-electron chi connectivity index (χ2n) is 5.03. The van der Waals surface area contributed by atoms with E-state index in [1.54, 1.807) is 0 Å². The zero-order valence-electron chi connectivity index (χ0n) is 12.0. The summed E-state index contributed by atoms with van der Waals surface area (Å²) in [7, 11) is 2.65. The van der Waals surface area contributed by atoms with Crippen molar-refractivity contribution in [2.24, 2.45) is 0 Å². The van der Waals surface area contributed by atoms with Crippen molar-refractivity contribution in [1.29, 1.82) is 0 Å². The number of hydrogen-bond donors (Lipinski definition) is 0. The third kappa shape index (κ3) is 5.01. The first-order valence-electron chi connectivity index (χ1n) is 7.49. The summed E-state index contributed by atoms with van der Waals surface area (Å²) in [5.74, 6) is 0. The number of unbranched alkanes of at least 4 members (excludes halogenated alkanes) is 3. The van der Waals surface area contributed by atoms with Gasteiger partial charge in [-0.15, -0.1) is 9.24 Å². The standard InChI is InChI=1S/C18H24P2/c19-15-9-1-2-10-16-20(17-11-5-3-6-12-17)18-13-7-4-8-14-18/h3-8,11-14H,1-2,9-10,15-16,19H2. The molecule has 0 saturated carbocycles. The van der Waals surface area contributed by atoms with Crippen LogP contribution in [0.2, 0.25) is 0 Å². The lowest BCUT2D eigenvalue weighted by atomic mass is 10.2. The van der Waals surface area contributed by atoms with Crippen molar-refractivity contribution in [3.05, 3.63) is 60.7 Å². The molecule has 2 rings (SSSR count). The molecule has 0 saturated heterocycles. The molecule has 0 N–H and O–H groups in total. The molecular formula is C18H24P2. The van der Waals surface area contributed by atoms with Gasteiger partial charge in [0.15, 0.2) is 0 Å². The molecule has 0 aromatic heterocycles. The minimum atomic E-state index is -0.177. The van der Waals surface area contributed by atoms with Gasteiger partial charge in [-0.1, -0.05) is 73.5 Å². The molecule has 2 heteroatoms. The maximum Gasteiger partial charge on any atom is -0.0195 e. The van der Waals surface area contributed by atoms with Crippen LogP contribution < -0.4 is 10.6 Å². The van der Waals surface area contributed by atoms with Gasteiger partial charge in [0.1, 0.15) is 0 Å². The zero-order chi connectivity index (χ0) is 14.0. The third-order valence-electron chi connectivity index (χ3n) is 3.47. The SMILES string of the molecule is PCCCCCCP(c1ccccc1)c1ccccc1. The van der Waals surface area contributed by atoms with Crippen LogP contribution in [-0.2, 0) is 0 Å². The molecule has 0 bridgehead atoms. The van der Waals surface area contributed by atoms with Crippen molar-refractivity contribution in [3.63, 3.8) is 0 Å². The van der Waals surface area contributed by atoms with Crippen molar-refractivity contribution < 1.29 is 0 Å². The fourth-order valence-electron chi connectivity index (χ4n) is 2.39. The molecule has 0 amide bonds. The molecule has 0 aliphatic heterocycles. The van der Waals surface area contributed by atoms with Crippen LogP contribution in [0.1, 0.15) is 25.7 Å². The summed E-state index contributed by atoms with van der Waals surface area (Å²) in [6.45, 7) is 0. The van der Waals surface area contributed by atoms with Crippen molar-refractivity contribution in [3.8, 4) is 0 Å². The molecule has 0 aliphatic carbocycles. The summed E-state index contributed by atoms with van der Waals surface area (Å²) < 4.78 is 0. The molecule has 1 atom stereocenters. The Morgan fingerprint density at radius 2 is 1.15 bits per heavy atom. The third-order valence-corrected chi connectivity index (χ3v) is 6.49. The summed E-state index contributed by atoms with van der Waals surface area (Å²) in [6, 6.07) is 22.1. The van der Waals surface area contributed by atoms with E-state index in [9.17, 15) is 0 Å². The van der Waals surface area contributed by atoms with Crippen LogP contribution in [0.15, 0.2) is 60.7 Å². The van der Waals surface area contributed by atoms with Gasteiger partial charge in [0.25, 0.3) is 0 Å². The fourth-order valence-corrected chi connectivity index (χ4v) is 5.10. The Labute approximate surface area is 127 Å². The van der Waals surface area contributed by atoms with Gasteiger partial charge in [0.2, 0.25) is 0 Å². The van der Waals surface area contributed by atoms with Crippen LogP contribution in [0.3, 0.4) is 0 Å². The summed E-state index contributed by atoms with van der Waals surface area (Å²) in [4.78, 5) is 0. The van der Waals surface area contributed by atoms with E-state index in [1.165, 1.54) is 48.6 Å². The average Bonchev–Trinajstić information content (AvgIpc) is 2.53. The van der Waals surface area contributed by atoms with Crippen molar-refractivity contribution in [2.75, 3.05) is 12.3 Å². The maximum absolute atomic E-state index is 2.82. The second kappa shape index (κ2) is 9.28. The highest BCUT2D eigenvalue weighted by molar-refractivity contribution is 7.73. The van der Waals surface area contributed by atoms with Crippen LogP contribution >= 0.6 is 17.2 Å². The van der Waals surface area contributed by atoms with E-state index < -0.39 is 0 Å². The predicted molar refractivity (Wildman–Crippen MR) is 97.0 cm³/mol. The van der Waals surface area contributed by atoms with E-state index >= 15 is 0 Å². The maximum atomic E-state index is 2.82. The van der Waals surface area contributed by atoms with E-state index in [4.69, 9.17) is 0 Å². The molecule has 20 heavy (non-hydrogen) atoms. The van der Waals surface area contributed by atoms with Crippen LogP contribution in [-0.4, -0.2) is 12.3 Å². The van der Waals surface area contributed by atoms with Gasteiger partial charge >= 0.3 is 0 Å². The van der Waals surface area contributed by atoms with E-state index in [2.05, 4.69) is 69.9 Å². The molecule has 0 spiro atoms. The minimum Gasteiger partial charge on any atom is -0.138 e. The molecular weight excluding hydrogens is 278 g/mol. The first-order chi connectivity index (χ1) is 9.92. The van der Waals surface area contributed by atoms with Crippen molar-refractivity contribution in [2.45, 2.75) is 25.7 Å². The monoisotopic (exact) mass is 302 g/mol. The number of hydrogen-bond acceptors (Lipinski definition) is 0. The quantitative estimate of drug-likeness (QED) is 0.495. The molecule has 0 radical (unpaired) electrons. The largest absolute Gasteiger partial charge is 0.138 e. The summed E-state index contributed by atoms with van der Waals surface area (Å²) in [5, 5.41) is 3.03. The van der Waals surface area contributed by atoms with E-state index in [0.717, 1.165) is 0 Å². The highest BCUT2D eigenvalue weighted by Gasteiger charge is 2.12. The molecule has 2 aromatic carbocycles. The normalized spacial score (nSPS) is 10.9. The van der Waals surface area contributed by atoms with Crippen LogP contribution in [0.4, 0.5) is 0 Å². The predicted octanol–water partition coefficient (Wildman–Crippen LogP) is 4.55. The van der Waals surface area contributed by atoms with Crippen LogP contribution in [0.25, 0.3) is 0 Å². The summed E-state index contributed by atoms with van der Waals surface area (Å²) >= 11 is 0. The lowest BCUT2D eigenvalue weighted by Crippen LogP contribution is -2.13. The van der Waals surface area contributed by atoms with Gasteiger partial charge in [-0.05, 0) is 43.7 Å². The Kier molecular flexibility index (Phi) is 7.27. The average molecular weight is 302 g/mol. The first kappa shape index (κ1) is 15.7. The van der Waals surface area contributed by atoms with Crippen LogP contribution in [0, 0.1) is 0 Å². The molecule has 0 aliphatic rings. The van der Waals surface area contributed by atoms with Crippen molar-refractivity contribution in [1.82, 2.24) is 0 Å². The van der Waals surface area contributed by atoms with Gasteiger partial charge < -0.3 is 0 Å². The molecule has 1 unspecified atom stereocenters. The first-order valence-corrected chi connectivity index (χ1v) is 9.84. The minimum absolute atomic E-state index is 0.177. The van der Waals surface area contributed by atoms with Gasteiger partial charge in [-0.3, -0.25) is 0 Å². The number of benzene rings is 2. The zero-order valence-corrected chi connectivity index (χ0v) is 14.1. The Bertz CT molecular complexity index is 428. The fraction of sp³-hybridized carbons (Fsp3) is 0.333. The van der Waals surface area contributed by atoms with E-state index in [-0.39, 0.29) is 7.92 Å². The lowest BCUT2D eigenvalue weighted by molar-refractivity contribution is 0.710. The highest BCUT2D eigenvalue weighted by atomic mass is 31.1. The van der Waals surface area contributed by atoms with E-state index in [1.807, 2.05) is 0 Å². The van der Waals surface area contributed by atoms with Crippen LogP contribution in [0.5, 0.6) is 0 Å². The molecule has 0 nitrogen and oxygen atoms in total. The Hall–Kier alpha value is -0.700. The Morgan fingerprint density at radius 3 is 1.65 bits per heavy atom. The summed E-state index contributed by atoms with van der Waals surface area (Å²) in [6.07, 6.45) is 7.99. The lowest BCUT2D eigenvalue weighted by Gasteiger charge is -2.18. The van der Waals surface area contributed by atoms with Gasteiger partial charge in [-0.2, -0.15) is 0 Å². The van der Waals surface area contributed by atoms with Crippen molar-refractivity contribution >= 4 is 27.8 Å². The molecule has 0 heterocycles. The van der Waals surface area contributed by atoms with E-state index in [0.29, 0.717) is 0 Å².